The van der Waals surface area contributed by atoms with Crippen LogP contribution in [0.25, 0.3) is 0 Å². The predicted octanol–water partition coefficient (Wildman–Crippen LogP) is 3.92. The van der Waals surface area contributed by atoms with Crippen molar-refractivity contribution in [2.45, 2.75) is 33.1 Å². The second-order valence-corrected chi connectivity index (χ2v) is 5.81. The van der Waals surface area contributed by atoms with Crippen LogP contribution in [0.5, 0.6) is 11.6 Å². The van der Waals surface area contributed by atoms with E-state index in [0.717, 1.165) is 11.3 Å². The monoisotopic (exact) mass is 271 g/mol. The number of nitrogens with zero attached hydrogens (tertiary/aromatic N) is 2. The van der Waals surface area contributed by atoms with Crippen molar-refractivity contribution in [1.82, 2.24) is 9.97 Å². The number of benzene rings is 1. The van der Waals surface area contributed by atoms with Gasteiger partial charge in [-0.3, -0.25) is 0 Å². The van der Waals surface area contributed by atoms with Crippen LogP contribution in [0.3, 0.4) is 0 Å². The zero-order valence-corrected chi connectivity index (χ0v) is 12.7. The van der Waals surface area contributed by atoms with Crippen LogP contribution in [0.1, 0.15) is 31.9 Å². The van der Waals surface area contributed by atoms with Crippen molar-refractivity contribution >= 4 is 5.95 Å². The summed E-state index contributed by atoms with van der Waals surface area (Å²) in [6.45, 7) is 8.50. The smallest absolute Gasteiger partial charge is 0.226 e. The third-order valence-corrected chi connectivity index (χ3v) is 3.08. The lowest BCUT2D eigenvalue weighted by Gasteiger charge is -2.19. The van der Waals surface area contributed by atoms with Crippen LogP contribution in [0.15, 0.2) is 30.5 Å². The molecule has 20 heavy (non-hydrogen) atoms. The van der Waals surface area contributed by atoms with Gasteiger partial charge in [-0.05, 0) is 30.0 Å². The average molecular weight is 271 g/mol. The lowest BCUT2D eigenvalue weighted by atomic mass is 9.87. The van der Waals surface area contributed by atoms with Gasteiger partial charge in [0, 0.05) is 18.8 Å². The van der Waals surface area contributed by atoms with E-state index in [9.17, 15) is 0 Å². The van der Waals surface area contributed by atoms with Gasteiger partial charge in [-0.1, -0.05) is 32.9 Å². The molecule has 0 spiro atoms. The Labute approximate surface area is 120 Å². The van der Waals surface area contributed by atoms with E-state index < -0.39 is 0 Å². The second-order valence-electron chi connectivity index (χ2n) is 5.81. The van der Waals surface area contributed by atoms with Crippen molar-refractivity contribution in [2.75, 3.05) is 12.4 Å². The molecule has 0 amide bonds. The minimum atomic E-state index is 0.142. The zero-order valence-electron chi connectivity index (χ0n) is 12.7. The van der Waals surface area contributed by atoms with Gasteiger partial charge in [0.1, 0.15) is 5.75 Å². The number of hydrogen-bond donors (Lipinski definition) is 1. The normalized spacial score (nSPS) is 11.2. The van der Waals surface area contributed by atoms with Gasteiger partial charge in [-0.25, -0.2) is 4.98 Å². The Balaban J connectivity index is 2.22. The average Bonchev–Trinajstić information content (AvgIpc) is 2.41. The van der Waals surface area contributed by atoms with E-state index in [-0.39, 0.29) is 5.41 Å². The van der Waals surface area contributed by atoms with Gasteiger partial charge in [0.05, 0.1) is 0 Å². The first-order valence-electron chi connectivity index (χ1n) is 6.70. The van der Waals surface area contributed by atoms with Crippen molar-refractivity contribution < 1.29 is 4.74 Å². The molecular weight excluding hydrogens is 250 g/mol. The van der Waals surface area contributed by atoms with Crippen molar-refractivity contribution in [3.05, 3.63) is 41.6 Å². The summed E-state index contributed by atoms with van der Waals surface area (Å²) in [5.41, 5.74) is 2.33. The number of nitrogens with one attached hydrogen (secondary N) is 1. The van der Waals surface area contributed by atoms with Crippen molar-refractivity contribution in [3.8, 4) is 11.6 Å². The number of hydrogen-bond acceptors (Lipinski definition) is 4. The van der Waals surface area contributed by atoms with E-state index in [4.69, 9.17) is 4.74 Å². The molecule has 1 N–H and O–H groups in total. The summed E-state index contributed by atoms with van der Waals surface area (Å²) in [5.74, 6) is 1.91. The molecule has 0 atom stereocenters. The Morgan fingerprint density at radius 2 is 1.75 bits per heavy atom. The summed E-state index contributed by atoms with van der Waals surface area (Å²) >= 11 is 0. The minimum absolute atomic E-state index is 0.142. The van der Waals surface area contributed by atoms with Crippen LogP contribution in [0, 0.1) is 6.92 Å². The van der Waals surface area contributed by atoms with Crippen LogP contribution >= 0.6 is 0 Å². The first kappa shape index (κ1) is 14.3. The summed E-state index contributed by atoms with van der Waals surface area (Å²) in [5, 5.41) is 2.91. The van der Waals surface area contributed by atoms with Crippen LogP contribution in [0.4, 0.5) is 5.95 Å². The first-order chi connectivity index (χ1) is 9.40. The highest BCUT2D eigenvalue weighted by molar-refractivity contribution is 5.37. The molecule has 2 rings (SSSR count). The molecule has 2 aromatic rings. The molecule has 106 valence electrons. The Hall–Kier alpha value is -2.10. The minimum Gasteiger partial charge on any atom is -0.439 e. The van der Waals surface area contributed by atoms with E-state index >= 15 is 0 Å². The highest BCUT2D eigenvalue weighted by Crippen LogP contribution is 2.27. The van der Waals surface area contributed by atoms with E-state index in [1.165, 1.54) is 5.56 Å². The summed E-state index contributed by atoms with van der Waals surface area (Å²) < 4.78 is 5.83. The lowest BCUT2D eigenvalue weighted by molar-refractivity contribution is 0.457. The molecule has 0 aliphatic carbocycles. The highest BCUT2D eigenvalue weighted by Gasteiger charge is 2.13. The fraction of sp³-hybridized carbons (Fsp3) is 0.375. The molecule has 0 bridgehead atoms. The van der Waals surface area contributed by atoms with Crippen LogP contribution in [0.2, 0.25) is 0 Å². The van der Waals surface area contributed by atoms with E-state index in [1.54, 1.807) is 13.2 Å². The Morgan fingerprint density at radius 1 is 1.10 bits per heavy atom. The zero-order chi connectivity index (χ0) is 14.8. The molecule has 0 unspecified atom stereocenters. The third kappa shape index (κ3) is 3.26. The molecular formula is C16H21N3O. The maximum absolute atomic E-state index is 5.83. The fourth-order valence-electron chi connectivity index (χ4n) is 1.78. The molecule has 0 saturated carbocycles. The highest BCUT2D eigenvalue weighted by atomic mass is 16.5. The molecule has 4 heteroatoms. The number of aromatic nitrogens is 2. The Morgan fingerprint density at radius 3 is 2.30 bits per heavy atom. The van der Waals surface area contributed by atoms with E-state index in [1.807, 2.05) is 19.1 Å². The fourth-order valence-corrected chi connectivity index (χ4v) is 1.78. The molecule has 1 aromatic carbocycles. The Kier molecular flexibility index (Phi) is 3.93. The quantitative estimate of drug-likeness (QED) is 0.919. The summed E-state index contributed by atoms with van der Waals surface area (Å²) in [7, 11) is 1.78. The summed E-state index contributed by atoms with van der Waals surface area (Å²) in [4.78, 5) is 8.46. The van der Waals surface area contributed by atoms with Crippen molar-refractivity contribution in [1.29, 1.82) is 0 Å². The molecule has 4 nitrogen and oxygen atoms in total. The molecule has 0 radical (unpaired) electrons. The molecule has 0 fully saturated rings. The number of anilines is 1. The third-order valence-electron chi connectivity index (χ3n) is 3.08. The van der Waals surface area contributed by atoms with Crippen LogP contribution in [-0.2, 0) is 5.41 Å². The topological polar surface area (TPSA) is 47.0 Å². The number of aryl methyl sites for hydroxylation is 1. The number of rotatable bonds is 3. The first-order valence-corrected chi connectivity index (χ1v) is 6.70. The van der Waals surface area contributed by atoms with Gasteiger partial charge >= 0.3 is 0 Å². The standard InChI is InChI=1S/C16H21N3O/c1-11-10-18-15(17-5)19-14(11)20-13-8-6-12(7-9-13)16(2,3)4/h6-10H,1-5H3,(H,17,18,19). The molecule has 0 aliphatic rings. The van der Waals surface area contributed by atoms with E-state index in [0.29, 0.717) is 11.8 Å². The van der Waals surface area contributed by atoms with Crippen molar-refractivity contribution in [2.24, 2.45) is 0 Å². The lowest BCUT2D eigenvalue weighted by Crippen LogP contribution is -2.10. The van der Waals surface area contributed by atoms with Gasteiger partial charge in [0.2, 0.25) is 11.8 Å². The van der Waals surface area contributed by atoms with E-state index in [2.05, 4.69) is 48.2 Å². The largest absolute Gasteiger partial charge is 0.439 e. The van der Waals surface area contributed by atoms with Gasteiger partial charge in [-0.15, -0.1) is 0 Å². The Bertz CT molecular complexity index is 586. The summed E-state index contributed by atoms with van der Waals surface area (Å²) in [6.07, 6.45) is 1.75. The second kappa shape index (κ2) is 5.49. The molecule has 1 aromatic heterocycles. The molecule has 0 saturated heterocycles. The van der Waals surface area contributed by atoms with Gasteiger partial charge in [0.25, 0.3) is 0 Å². The molecule has 1 heterocycles. The van der Waals surface area contributed by atoms with Gasteiger partial charge < -0.3 is 10.1 Å². The van der Waals surface area contributed by atoms with Crippen LogP contribution < -0.4 is 10.1 Å². The summed E-state index contributed by atoms with van der Waals surface area (Å²) in [6, 6.07) is 8.12. The predicted molar refractivity (Wildman–Crippen MR) is 81.5 cm³/mol. The number of ether oxygens (including phenoxy) is 1. The maximum Gasteiger partial charge on any atom is 0.226 e. The van der Waals surface area contributed by atoms with Gasteiger partial charge in [-0.2, -0.15) is 4.98 Å². The SMILES string of the molecule is CNc1ncc(C)c(Oc2ccc(C(C)(C)C)cc2)n1. The van der Waals surface area contributed by atoms with Gasteiger partial charge in [0.15, 0.2) is 0 Å². The van der Waals surface area contributed by atoms with Crippen LogP contribution in [-0.4, -0.2) is 17.0 Å². The van der Waals surface area contributed by atoms with Crippen molar-refractivity contribution in [3.63, 3.8) is 0 Å². The molecule has 0 aliphatic heterocycles. The maximum atomic E-state index is 5.83.